The summed E-state index contributed by atoms with van der Waals surface area (Å²) in [5.74, 6) is 0.652. The van der Waals surface area contributed by atoms with E-state index in [4.69, 9.17) is 4.74 Å². The average molecular weight is 183 g/mol. The van der Waals surface area contributed by atoms with Crippen LogP contribution < -0.4 is 5.32 Å². The van der Waals surface area contributed by atoms with Gasteiger partial charge in [0.05, 0.1) is 5.41 Å². The van der Waals surface area contributed by atoms with Crippen LogP contribution in [-0.4, -0.2) is 19.1 Å². The summed E-state index contributed by atoms with van der Waals surface area (Å²) in [4.78, 5) is 11.4. The second kappa shape index (κ2) is 3.92. The highest BCUT2D eigenvalue weighted by Gasteiger charge is 2.24. The molecule has 0 amide bonds. The molecule has 13 heavy (non-hydrogen) atoms. The van der Waals surface area contributed by atoms with Gasteiger partial charge in [-0.15, -0.1) is 0 Å². The lowest BCUT2D eigenvalue weighted by atomic mass is 9.97. The molecule has 0 aliphatic carbocycles. The molecule has 0 saturated heterocycles. The Hall–Kier alpha value is -0.830. The Morgan fingerprint density at radius 3 is 2.69 bits per heavy atom. The zero-order valence-corrected chi connectivity index (χ0v) is 8.52. The largest absolute Gasteiger partial charge is 0.431 e. The summed E-state index contributed by atoms with van der Waals surface area (Å²) in [6, 6.07) is 0. The summed E-state index contributed by atoms with van der Waals surface area (Å²) in [6.07, 6.45) is 2.73. The molecule has 0 radical (unpaired) electrons. The number of esters is 1. The molecule has 3 nitrogen and oxygen atoms in total. The SMILES string of the molecule is CC(C)(C)C(=O)OC1=CCNCC1. The van der Waals surface area contributed by atoms with Gasteiger partial charge in [0.2, 0.25) is 0 Å². The number of ether oxygens (including phenoxy) is 1. The summed E-state index contributed by atoms with van der Waals surface area (Å²) in [7, 11) is 0. The van der Waals surface area contributed by atoms with Gasteiger partial charge in [0, 0.05) is 19.5 Å². The Kier molecular flexibility index (Phi) is 3.09. The van der Waals surface area contributed by atoms with Crippen molar-refractivity contribution in [2.45, 2.75) is 27.2 Å². The number of rotatable bonds is 1. The summed E-state index contributed by atoms with van der Waals surface area (Å²) in [5.41, 5.74) is -0.411. The van der Waals surface area contributed by atoms with E-state index in [1.807, 2.05) is 26.8 Å². The number of hydrogen-bond donors (Lipinski definition) is 1. The summed E-state index contributed by atoms with van der Waals surface area (Å²) in [6.45, 7) is 7.26. The van der Waals surface area contributed by atoms with Gasteiger partial charge in [-0.05, 0) is 26.8 Å². The van der Waals surface area contributed by atoms with Crippen LogP contribution >= 0.6 is 0 Å². The molecule has 74 valence electrons. The molecule has 1 N–H and O–H groups in total. The van der Waals surface area contributed by atoms with Crippen LogP contribution in [-0.2, 0) is 9.53 Å². The fourth-order valence-electron chi connectivity index (χ4n) is 0.967. The lowest BCUT2D eigenvalue weighted by molar-refractivity contribution is -0.148. The van der Waals surface area contributed by atoms with Crippen LogP contribution in [0.2, 0.25) is 0 Å². The van der Waals surface area contributed by atoms with E-state index >= 15 is 0 Å². The minimum atomic E-state index is -0.411. The van der Waals surface area contributed by atoms with Crippen LogP contribution in [0, 0.1) is 5.41 Å². The third-order valence-electron chi connectivity index (χ3n) is 1.86. The highest BCUT2D eigenvalue weighted by atomic mass is 16.5. The molecular formula is C10H17NO2. The predicted octanol–water partition coefficient (Wildman–Crippen LogP) is 1.45. The number of carbonyl (C=O) groups is 1. The molecule has 1 heterocycles. The first-order valence-corrected chi connectivity index (χ1v) is 4.62. The van der Waals surface area contributed by atoms with Crippen LogP contribution in [0.25, 0.3) is 0 Å². The molecule has 3 heteroatoms. The predicted molar refractivity (Wildman–Crippen MR) is 51.1 cm³/mol. The van der Waals surface area contributed by atoms with Crippen molar-refractivity contribution < 1.29 is 9.53 Å². The van der Waals surface area contributed by atoms with E-state index in [-0.39, 0.29) is 5.97 Å². The fraction of sp³-hybridized carbons (Fsp3) is 0.700. The van der Waals surface area contributed by atoms with Gasteiger partial charge in [-0.2, -0.15) is 0 Å². The topological polar surface area (TPSA) is 38.3 Å². The van der Waals surface area contributed by atoms with Gasteiger partial charge in [-0.3, -0.25) is 4.79 Å². The van der Waals surface area contributed by atoms with Crippen molar-refractivity contribution in [1.82, 2.24) is 5.32 Å². The van der Waals surface area contributed by atoms with Gasteiger partial charge in [-0.25, -0.2) is 0 Å². The van der Waals surface area contributed by atoms with Gasteiger partial charge in [0.15, 0.2) is 0 Å². The highest BCUT2D eigenvalue weighted by Crippen LogP contribution is 2.18. The maximum atomic E-state index is 11.4. The molecule has 0 aromatic carbocycles. The number of hydrogen-bond acceptors (Lipinski definition) is 3. The van der Waals surface area contributed by atoms with Gasteiger partial charge in [0.1, 0.15) is 5.76 Å². The molecule has 1 aliphatic heterocycles. The summed E-state index contributed by atoms with van der Waals surface area (Å²) < 4.78 is 5.24. The first-order valence-electron chi connectivity index (χ1n) is 4.62. The maximum Gasteiger partial charge on any atom is 0.316 e. The number of nitrogens with one attached hydrogen (secondary N) is 1. The van der Waals surface area contributed by atoms with Crippen molar-refractivity contribution in [1.29, 1.82) is 0 Å². The van der Waals surface area contributed by atoms with Crippen molar-refractivity contribution in [3.05, 3.63) is 11.8 Å². The van der Waals surface area contributed by atoms with Gasteiger partial charge in [0.25, 0.3) is 0 Å². The Balaban J connectivity index is 2.49. The third-order valence-corrected chi connectivity index (χ3v) is 1.86. The Bertz CT molecular complexity index is 226. The van der Waals surface area contributed by atoms with Crippen molar-refractivity contribution in [3.63, 3.8) is 0 Å². The van der Waals surface area contributed by atoms with E-state index in [0.29, 0.717) is 0 Å². The van der Waals surface area contributed by atoms with Crippen LogP contribution in [0.1, 0.15) is 27.2 Å². The highest BCUT2D eigenvalue weighted by molar-refractivity contribution is 5.76. The van der Waals surface area contributed by atoms with Crippen LogP contribution in [0.5, 0.6) is 0 Å². The Labute approximate surface area is 79.2 Å². The first kappa shape index (κ1) is 10.3. The van der Waals surface area contributed by atoms with Crippen LogP contribution in [0.4, 0.5) is 0 Å². The first-order chi connectivity index (χ1) is 6.00. The normalized spacial score (nSPS) is 17.9. The van der Waals surface area contributed by atoms with E-state index in [0.717, 1.165) is 25.3 Å². The molecule has 1 rings (SSSR count). The summed E-state index contributed by atoms with van der Waals surface area (Å²) in [5, 5.41) is 3.16. The third kappa shape index (κ3) is 3.19. The summed E-state index contributed by atoms with van der Waals surface area (Å²) >= 11 is 0. The molecular weight excluding hydrogens is 166 g/mol. The molecule has 1 aliphatic rings. The maximum absolute atomic E-state index is 11.4. The van der Waals surface area contributed by atoms with E-state index in [1.54, 1.807) is 0 Å². The van der Waals surface area contributed by atoms with Gasteiger partial charge >= 0.3 is 5.97 Å². The quantitative estimate of drug-likeness (QED) is 0.625. The molecule has 0 unspecified atom stereocenters. The Morgan fingerprint density at radius 1 is 1.54 bits per heavy atom. The number of carbonyl (C=O) groups excluding carboxylic acids is 1. The molecule has 0 fully saturated rings. The molecule has 0 aromatic heterocycles. The monoisotopic (exact) mass is 183 g/mol. The van der Waals surface area contributed by atoms with Crippen molar-refractivity contribution in [2.75, 3.05) is 13.1 Å². The standard InChI is InChI=1S/C10H17NO2/c1-10(2,3)9(12)13-8-4-6-11-7-5-8/h4,11H,5-7H2,1-3H3. The van der Waals surface area contributed by atoms with E-state index in [2.05, 4.69) is 5.32 Å². The zero-order valence-electron chi connectivity index (χ0n) is 8.52. The Morgan fingerprint density at radius 2 is 2.23 bits per heavy atom. The molecule has 0 aromatic rings. The van der Waals surface area contributed by atoms with E-state index < -0.39 is 5.41 Å². The molecule has 0 bridgehead atoms. The molecule has 0 atom stereocenters. The minimum absolute atomic E-state index is 0.152. The smallest absolute Gasteiger partial charge is 0.316 e. The lowest BCUT2D eigenvalue weighted by Gasteiger charge is -2.20. The van der Waals surface area contributed by atoms with Crippen molar-refractivity contribution >= 4 is 5.97 Å². The lowest BCUT2D eigenvalue weighted by Crippen LogP contribution is -2.26. The second-order valence-electron chi connectivity index (χ2n) is 4.26. The molecule has 0 spiro atoms. The van der Waals surface area contributed by atoms with E-state index in [9.17, 15) is 4.79 Å². The van der Waals surface area contributed by atoms with Gasteiger partial charge < -0.3 is 10.1 Å². The second-order valence-corrected chi connectivity index (χ2v) is 4.26. The minimum Gasteiger partial charge on any atom is -0.431 e. The van der Waals surface area contributed by atoms with Crippen LogP contribution in [0.3, 0.4) is 0 Å². The average Bonchev–Trinajstić information content (AvgIpc) is 2.04. The van der Waals surface area contributed by atoms with Crippen molar-refractivity contribution in [2.24, 2.45) is 5.41 Å². The van der Waals surface area contributed by atoms with E-state index in [1.165, 1.54) is 0 Å². The van der Waals surface area contributed by atoms with Crippen molar-refractivity contribution in [3.8, 4) is 0 Å². The zero-order chi connectivity index (χ0) is 9.90. The molecule has 0 saturated carbocycles. The fourth-order valence-corrected chi connectivity index (χ4v) is 0.967. The van der Waals surface area contributed by atoms with Crippen LogP contribution in [0.15, 0.2) is 11.8 Å². The van der Waals surface area contributed by atoms with Gasteiger partial charge in [-0.1, -0.05) is 0 Å².